The fourth-order valence-electron chi connectivity index (χ4n) is 1.07. The van der Waals surface area contributed by atoms with Crippen LogP contribution in [0.5, 0.6) is 0 Å². The van der Waals surface area contributed by atoms with Gasteiger partial charge in [-0.2, -0.15) is 0 Å². The van der Waals surface area contributed by atoms with E-state index in [1.807, 2.05) is 42.5 Å². The van der Waals surface area contributed by atoms with E-state index in [-0.39, 0.29) is 31.1 Å². The zero-order valence-corrected chi connectivity index (χ0v) is 10.3. The number of hydrogen-bond acceptors (Lipinski definition) is 1. The average Bonchev–Trinajstić information content (AvgIpc) is 2.21. The third-order valence-corrected chi connectivity index (χ3v) is 1.65. The van der Waals surface area contributed by atoms with Gasteiger partial charge in [-0.25, -0.2) is 0 Å². The summed E-state index contributed by atoms with van der Waals surface area (Å²) in [4.78, 5) is 4.22. The maximum absolute atomic E-state index is 4.22. The third-order valence-electron chi connectivity index (χ3n) is 1.65. The van der Waals surface area contributed by atoms with E-state index in [1.165, 1.54) is 0 Å². The van der Waals surface area contributed by atoms with Crippen LogP contribution in [0.1, 0.15) is 0 Å². The number of pyridine rings is 1. The maximum Gasteiger partial charge on any atom is 0.0160 e. The van der Waals surface area contributed by atoms with Gasteiger partial charge in [0.05, 0.1) is 0 Å². The van der Waals surface area contributed by atoms with Crippen LogP contribution in [0, 0.1) is 6.07 Å². The summed E-state index contributed by atoms with van der Waals surface area (Å²) in [6.07, 6.45) is 1.79. The number of aromatic nitrogens is 1. The second-order valence-electron chi connectivity index (χ2n) is 2.49. The van der Waals surface area contributed by atoms with Crippen molar-refractivity contribution in [2.45, 2.75) is 0 Å². The average molecular weight is 382 g/mol. The second-order valence-corrected chi connectivity index (χ2v) is 2.49. The van der Waals surface area contributed by atoms with Gasteiger partial charge in [0.15, 0.2) is 0 Å². The van der Waals surface area contributed by atoms with Crippen LogP contribution in [-0.2, 0) is 20.1 Å². The zero-order chi connectivity index (χ0) is 8.23. The predicted molar refractivity (Wildman–Crippen MR) is 55.7 cm³/mol. The molecule has 0 aliphatic carbocycles. The Bertz CT molecular complexity index is 316. The Kier molecular flexibility index (Phi) is 9.02. The minimum Gasteiger partial charge on any atom is -0.412 e. The van der Waals surface area contributed by atoms with Gasteiger partial charge in [-0.05, 0) is 11.8 Å². The van der Waals surface area contributed by atoms with Crippen LogP contribution in [0.15, 0.2) is 48.7 Å². The van der Waals surface area contributed by atoms with Gasteiger partial charge in [-0.15, -0.1) is 35.9 Å². The first-order chi connectivity index (χ1) is 5.97. The topological polar surface area (TPSA) is 75.9 Å². The van der Waals surface area contributed by atoms with Gasteiger partial charge in [-0.1, -0.05) is 12.1 Å². The van der Waals surface area contributed by atoms with Crippen molar-refractivity contribution < 1.29 is 31.1 Å². The molecule has 15 heavy (non-hydrogen) atoms. The first kappa shape index (κ1) is 16.4. The molecule has 3 nitrogen and oxygen atoms in total. The van der Waals surface area contributed by atoms with Crippen molar-refractivity contribution in [2.24, 2.45) is 0 Å². The van der Waals surface area contributed by atoms with Crippen LogP contribution in [-0.4, -0.2) is 15.9 Å². The second kappa shape index (κ2) is 8.26. The van der Waals surface area contributed by atoms with Crippen LogP contribution < -0.4 is 0 Å². The van der Waals surface area contributed by atoms with Crippen molar-refractivity contribution in [1.82, 2.24) is 4.98 Å². The summed E-state index contributed by atoms with van der Waals surface area (Å²) in [6.45, 7) is 0. The summed E-state index contributed by atoms with van der Waals surface area (Å²) >= 11 is 0. The zero-order valence-electron chi connectivity index (χ0n) is 7.90. The number of nitrogens with zero attached hydrogens (tertiary/aromatic N) is 1. The van der Waals surface area contributed by atoms with Crippen LogP contribution >= 0.6 is 0 Å². The van der Waals surface area contributed by atoms with Crippen LogP contribution in [0.3, 0.4) is 0 Å². The van der Waals surface area contributed by atoms with E-state index >= 15 is 0 Å². The minimum atomic E-state index is 0. The molecule has 1 radical (unpaired) electrons. The van der Waals surface area contributed by atoms with Gasteiger partial charge in [0.1, 0.15) is 0 Å². The van der Waals surface area contributed by atoms with Crippen molar-refractivity contribution in [1.29, 1.82) is 0 Å². The van der Waals surface area contributed by atoms with E-state index in [1.54, 1.807) is 6.20 Å². The van der Waals surface area contributed by atoms with Crippen molar-refractivity contribution >= 4 is 0 Å². The van der Waals surface area contributed by atoms with Gasteiger partial charge < -0.3 is 15.9 Å². The van der Waals surface area contributed by atoms with Crippen LogP contribution in [0.25, 0.3) is 11.3 Å². The Hall–Kier alpha value is -1.06. The molecule has 2 rings (SSSR count). The normalized spacial score (nSPS) is 7.73. The molecule has 1 heterocycles. The molecule has 0 atom stereocenters. The van der Waals surface area contributed by atoms with E-state index in [0.717, 1.165) is 11.3 Å². The Morgan fingerprint density at radius 2 is 1.67 bits per heavy atom. The smallest absolute Gasteiger partial charge is 0.0160 e. The van der Waals surface area contributed by atoms with Gasteiger partial charge in [0, 0.05) is 26.3 Å². The van der Waals surface area contributed by atoms with Crippen molar-refractivity contribution in [3.8, 4) is 11.3 Å². The van der Waals surface area contributed by atoms with Gasteiger partial charge in [0.25, 0.3) is 0 Å². The molecular formula is C11H12IrNO2-. The molecule has 4 N–H and O–H groups in total. The summed E-state index contributed by atoms with van der Waals surface area (Å²) in [5.41, 5.74) is 2.01. The first-order valence-electron chi connectivity index (χ1n) is 3.85. The molecule has 83 valence electrons. The molecule has 4 heteroatoms. The Balaban J connectivity index is 0. The Labute approximate surface area is 102 Å². The molecule has 1 aromatic carbocycles. The summed E-state index contributed by atoms with van der Waals surface area (Å²) in [6, 6.07) is 16.8. The summed E-state index contributed by atoms with van der Waals surface area (Å²) in [5.74, 6) is 0. The number of rotatable bonds is 1. The predicted octanol–water partition coefficient (Wildman–Crippen LogP) is 0.897. The van der Waals surface area contributed by atoms with E-state index in [0.29, 0.717) is 0 Å². The summed E-state index contributed by atoms with van der Waals surface area (Å²) in [7, 11) is 0. The van der Waals surface area contributed by atoms with E-state index in [9.17, 15) is 0 Å². The molecule has 0 aliphatic heterocycles. The molecule has 0 saturated carbocycles. The van der Waals surface area contributed by atoms with E-state index in [2.05, 4.69) is 11.1 Å². The SMILES string of the molecule is O.O.[Ir].[c-]1ccccc1-c1ccccn1. The van der Waals surface area contributed by atoms with Crippen LogP contribution in [0.4, 0.5) is 0 Å². The molecule has 1 aromatic heterocycles. The first-order valence-corrected chi connectivity index (χ1v) is 3.85. The van der Waals surface area contributed by atoms with Crippen molar-refractivity contribution in [3.63, 3.8) is 0 Å². The molecule has 2 aromatic rings. The Morgan fingerprint density at radius 1 is 0.933 bits per heavy atom. The van der Waals surface area contributed by atoms with E-state index < -0.39 is 0 Å². The van der Waals surface area contributed by atoms with Crippen molar-refractivity contribution in [2.75, 3.05) is 0 Å². The quantitative estimate of drug-likeness (QED) is 0.675. The molecule has 0 amide bonds. The largest absolute Gasteiger partial charge is 0.412 e. The molecule has 0 spiro atoms. The van der Waals surface area contributed by atoms with Crippen molar-refractivity contribution in [3.05, 3.63) is 54.7 Å². The summed E-state index contributed by atoms with van der Waals surface area (Å²) in [5, 5.41) is 0. The van der Waals surface area contributed by atoms with Gasteiger partial charge in [0.2, 0.25) is 0 Å². The molecule has 0 aliphatic rings. The minimum absolute atomic E-state index is 0. The maximum atomic E-state index is 4.22. The number of hydrogen-bond donors (Lipinski definition) is 0. The fraction of sp³-hybridized carbons (Fsp3) is 0. The van der Waals surface area contributed by atoms with E-state index in [4.69, 9.17) is 0 Å². The molecule has 0 fully saturated rings. The standard InChI is InChI=1S/C11H8N.Ir.2H2O/c1-2-6-10(7-3-1)11-8-4-5-9-12-11;;;/h1-6,8-9H;;2*1H2/q-1;;;. The summed E-state index contributed by atoms with van der Waals surface area (Å²) < 4.78 is 0. The van der Waals surface area contributed by atoms with Gasteiger partial charge >= 0.3 is 0 Å². The third kappa shape index (κ3) is 4.32. The van der Waals surface area contributed by atoms with Gasteiger partial charge in [-0.3, -0.25) is 0 Å². The number of benzene rings is 1. The molecular weight excluding hydrogens is 370 g/mol. The monoisotopic (exact) mass is 383 g/mol. The van der Waals surface area contributed by atoms with Crippen LogP contribution in [0.2, 0.25) is 0 Å². The molecule has 0 unspecified atom stereocenters. The Morgan fingerprint density at radius 3 is 2.20 bits per heavy atom. The molecule has 0 saturated heterocycles. The fourth-order valence-corrected chi connectivity index (χ4v) is 1.07. The molecule has 0 bridgehead atoms.